The molecule has 8 heteroatoms. The minimum absolute atomic E-state index is 0.200. The fourth-order valence-corrected chi connectivity index (χ4v) is 5.24. The van der Waals surface area contributed by atoms with Crippen LogP contribution in [0.5, 0.6) is 0 Å². The zero-order valence-electron chi connectivity index (χ0n) is 16.3. The van der Waals surface area contributed by atoms with Crippen molar-refractivity contribution >= 4 is 21.4 Å². The van der Waals surface area contributed by atoms with Crippen molar-refractivity contribution in [2.75, 3.05) is 29.3 Å². The van der Waals surface area contributed by atoms with Gasteiger partial charge in [-0.05, 0) is 37.6 Å². The van der Waals surface area contributed by atoms with Crippen molar-refractivity contribution < 1.29 is 12.8 Å². The Morgan fingerprint density at radius 1 is 1.07 bits per heavy atom. The van der Waals surface area contributed by atoms with Gasteiger partial charge < -0.3 is 9.32 Å². The molecule has 3 heterocycles. The van der Waals surface area contributed by atoms with Gasteiger partial charge in [0.25, 0.3) is 10.0 Å². The fraction of sp³-hybridized carbons (Fsp3) is 0.300. The molecule has 0 bridgehead atoms. The molecule has 1 aliphatic rings. The van der Waals surface area contributed by atoms with Gasteiger partial charge in [-0.25, -0.2) is 18.4 Å². The SMILES string of the molecule is Cc1ncc(-c2ccc(S(=O)(=O)N3CCN(C)c4cccc(C)c43)c(C)n2)o1. The minimum Gasteiger partial charge on any atom is -0.439 e. The highest BCUT2D eigenvalue weighted by Gasteiger charge is 2.33. The van der Waals surface area contributed by atoms with Gasteiger partial charge in [0.05, 0.1) is 29.8 Å². The Morgan fingerprint density at radius 2 is 1.86 bits per heavy atom. The number of aromatic nitrogens is 2. The molecule has 0 fully saturated rings. The molecule has 0 atom stereocenters. The number of pyridine rings is 1. The zero-order chi connectivity index (χ0) is 20.1. The van der Waals surface area contributed by atoms with E-state index in [0.29, 0.717) is 36.1 Å². The molecular weight excluding hydrogens is 376 g/mol. The van der Waals surface area contributed by atoms with Crippen LogP contribution in [0.2, 0.25) is 0 Å². The van der Waals surface area contributed by atoms with E-state index >= 15 is 0 Å². The quantitative estimate of drug-likeness (QED) is 0.673. The molecule has 0 saturated carbocycles. The Balaban J connectivity index is 1.79. The van der Waals surface area contributed by atoms with Crippen LogP contribution in [0, 0.1) is 20.8 Å². The minimum atomic E-state index is -3.75. The normalized spacial score (nSPS) is 14.3. The molecule has 2 aromatic heterocycles. The lowest BCUT2D eigenvalue weighted by Crippen LogP contribution is -2.43. The van der Waals surface area contributed by atoms with Crippen LogP contribution in [-0.4, -0.2) is 38.5 Å². The van der Waals surface area contributed by atoms with Gasteiger partial charge in [0, 0.05) is 20.5 Å². The van der Waals surface area contributed by atoms with E-state index < -0.39 is 10.0 Å². The van der Waals surface area contributed by atoms with Gasteiger partial charge in [-0.15, -0.1) is 0 Å². The molecule has 0 radical (unpaired) electrons. The van der Waals surface area contributed by atoms with Crippen molar-refractivity contribution in [2.45, 2.75) is 25.7 Å². The second-order valence-corrected chi connectivity index (χ2v) is 8.80. The van der Waals surface area contributed by atoms with Crippen LogP contribution in [0.1, 0.15) is 17.1 Å². The highest BCUT2D eigenvalue weighted by molar-refractivity contribution is 7.93. The third-order valence-electron chi connectivity index (χ3n) is 4.99. The van der Waals surface area contributed by atoms with Gasteiger partial charge in [0.15, 0.2) is 11.7 Å². The molecule has 0 amide bonds. The Bertz CT molecular complexity index is 1150. The van der Waals surface area contributed by atoms with Gasteiger partial charge in [-0.1, -0.05) is 12.1 Å². The van der Waals surface area contributed by atoms with Crippen molar-refractivity contribution in [3.8, 4) is 11.5 Å². The van der Waals surface area contributed by atoms with E-state index in [9.17, 15) is 8.42 Å². The smallest absolute Gasteiger partial charge is 0.266 e. The Morgan fingerprint density at radius 3 is 2.54 bits per heavy atom. The average Bonchev–Trinajstić information content (AvgIpc) is 3.08. The molecule has 0 spiro atoms. The van der Waals surface area contributed by atoms with Crippen LogP contribution >= 0.6 is 0 Å². The summed E-state index contributed by atoms with van der Waals surface area (Å²) in [6.07, 6.45) is 1.59. The molecule has 3 aromatic rings. The lowest BCUT2D eigenvalue weighted by Gasteiger charge is -2.37. The first-order valence-electron chi connectivity index (χ1n) is 9.03. The summed E-state index contributed by atoms with van der Waals surface area (Å²) in [5.74, 6) is 1.06. The van der Waals surface area contributed by atoms with E-state index in [0.717, 1.165) is 16.9 Å². The molecule has 0 N–H and O–H groups in total. The number of benzene rings is 1. The molecular formula is C20H22N4O3S. The predicted molar refractivity (Wildman–Crippen MR) is 108 cm³/mol. The number of nitrogens with zero attached hydrogens (tertiary/aromatic N) is 4. The maximum atomic E-state index is 13.5. The molecule has 0 aliphatic carbocycles. The van der Waals surface area contributed by atoms with Crippen LogP contribution in [0.25, 0.3) is 11.5 Å². The topological polar surface area (TPSA) is 79.5 Å². The van der Waals surface area contributed by atoms with E-state index in [1.54, 1.807) is 32.2 Å². The number of para-hydroxylation sites is 1. The second-order valence-electron chi connectivity index (χ2n) is 6.96. The molecule has 7 nitrogen and oxygen atoms in total. The highest BCUT2D eigenvalue weighted by atomic mass is 32.2. The Hall–Kier alpha value is -2.87. The number of likely N-dealkylation sites (N-methyl/N-ethyl adjacent to an activating group) is 1. The molecule has 1 aliphatic heterocycles. The van der Waals surface area contributed by atoms with Crippen molar-refractivity contribution in [1.82, 2.24) is 9.97 Å². The number of hydrogen-bond donors (Lipinski definition) is 0. The lowest BCUT2D eigenvalue weighted by molar-refractivity contribution is 0.532. The van der Waals surface area contributed by atoms with Crippen molar-refractivity contribution in [3.63, 3.8) is 0 Å². The summed E-state index contributed by atoms with van der Waals surface area (Å²) in [6, 6.07) is 9.09. The number of aryl methyl sites for hydroxylation is 3. The summed E-state index contributed by atoms with van der Waals surface area (Å²) < 4.78 is 34.0. The first-order chi connectivity index (χ1) is 13.3. The molecule has 1 aromatic carbocycles. The number of anilines is 2. The van der Waals surface area contributed by atoms with E-state index in [-0.39, 0.29) is 4.90 Å². The summed E-state index contributed by atoms with van der Waals surface area (Å²) >= 11 is 0. The summed E-state index contributed by atoms with van der Waals surface area (Å²) in [6.45, 7) is 6.40. The molecule has 0 unspecified atom stereocenters. The first-order valence-corrected chi connectivity index (χ1v) is 10.5. The number of hydrogen-bond acceptors (Lipinski definition) is 6. The van der Waals surface area contributed by atoms with Crippen LogP contribution in [0.3, 0.4) is 0 Å². The molecule has 4 rings (SSSR count). The standard InChI is InChI=1S/C20H22N4O3S/c1-13-6-5-7-17-20(13)24(11-10-23(17)4)28(25,26)19-9-8-16(22-14(19)2)18-12-21-15(3)27-18/h5-9,12H,10-11H2,1-4H3. The highest BCUT2D eigenvalue weighted by Crippen LogP contribution is 2.38. The Labute approximate surface area is 164 Å². The summed E-state index contributed by atoms with van der Waals surface area (Å²) in [4.78, 5) is 10.8. The number of rotatable bonds is 3. The van der Waals surface area contributed by atoms with E-state index in [1.165, 1.54) is 4.31 Å². The lowest BCUT2D eigenvalue weighted by atomic mass is 10.1. The van der Waals surface area contributed by atoms with Crippen LogP contribution in [0.4, 0.5) is 11.4 Å². The van der Waals surface area contributed by atoms with Gasteiger partial charge in [-0.2, -0.15) is 0 Å². The van der Waals surface area contributed by atoms with Crippen LogP contribution in [-0.2, 0) is 10.0 Å². The van der Waals surface area contributed by atoms with Crippen molar-refractivity contribution in [1.29, 1.82) is 0 Å². The van der Waals surface area contributed by atoms with Crippen molar-refractivity contribution in [2.24, 2.45) is 0 Å². The zero-order valence-corrected chi connectivity index (χ0v) is 17.1. The summed E-state index contributed by atoms with van der Waals surface area (Å²) in [5, 5.41) is 0. The van der Waals surface area contributed by atoms with Gasteiger partial charge in [0.2, 0.25) is 0 Å². The van der Waals surface area contributed by atoms with Crippen LogP contribution in [0.15, 0.2) is 45.8 Å². The number of oxazole rings is 1. The second kappa shape index (κ2) is 6.63. The van der Waals surface area contributed by atoms with Gasteiger partial charge in [-0.3, -0.25) is 4.31 Å². The maximum absolute atomic E-state index is 13.5. The van der Waals surface area contributed by atoms with E-state index in [4.69, 9.17) is 4.42 Å². The summed E-state index contributed by atoms with van der Waals surface area (Å²) in [5.41, 5.74) is 3.55. The number of fused-ring (bicyclic) bond motifs is 1. The van der Waals surface area contributed by atoms with Crippen LogP contribution < -0.4 is 9.21 Å². The molecule has 28 heavy (non-hydrogen) atoms. The predicted octanol–water partition coefficient (Wildman–Crippen LogP) is 3.31. The van der Waals surface area contributed by atoms with Gasteiger partial charge in [0.1, 0.15) is 10.6 Å². The van der Waals surface area contributed by atoms with E-state index in [1.807, 2.05) is 32.2 Å². The third kappa shape index (κ3) is 2.93. The molecule has 0 saturated heterocycles. The van der Waals surface area contributed by atoms with E-state index in [2.05, 4.69) is 14.9 Å². The molecule has 146 valence electrons. The monoisotopic (exact) mass is 398 g/mol. The number of sulfonamides is 1. The maximum Gasteiger partial charge on any atom is 0.266 e. The first kappa shape index (κ1) is 18.5. The summed E-state index contributed by atoms with van der Waals surface area (Å²) in [7, 11) is -1.77. The largest absolute Gasteiger partial charge is 0.439 e. The third-order valence-corrected chi connectivity index (χ3v) is 6.93. The Kier molecular flexibility index (Phi) is 4.38. The fourth-order valence-electron chi connectivity index (χ4n) is 3.55. The average molecular weight is 398 g/mol. The van der Waals surface area contributed by atoms with Gasteiger partial charge >= 0.3 is 0 Å². The van der Waals surface area contributed by atoms with Crippen molar-refractivity contribution in [3.05, 3.63) is 53.7 Å².